The number of benzene rings is 2. The molecule has 26 heavy (non-hydrogen) atoms. The highest BCUT2D eigenvalue weighted by atomic mass is 32.2. The Kier molecular flexibility index (Phi) is 4.53. The molecule has 6 nitrogen and oxygen atoms in total. The van der Waals surface area contributed by atoms with Gasteiger partial charge in [0.15, 0.2) is 0 Å². The maximum atomic E-state index is 4.59. The molecule has 0 N–H and O–H groups in total. The number of aryl methyl sites for hydroxylation is 2. The van der Waals surface area contributed by atoms with Crippen LogP contribution in [0, 0.1) is 6.92 Å². The van der Waals surface area contributed by atoms with Crippen LogP contribution in [0.5, 0.6) is 0 Å². The topological polar surface area (TPSA) is 61.4 Å². The third-order valence-corrected chi connectivity index (χ3v) is 5.12. The van der Waals surface area contributed by atoms with Crippen LogP contribution in [-0.4, -0.2) is 30.0 Å². The van der Waals surface area contributed by atoms with E-state index >= 15 is 0 Å². The van der Waals surface area contributed by atoms with Crippen molar-refractivity contribution < 1.29 is 0 Å². The summed E-state index contributed by atoms with van der Waals surface area (Å²) in [6, 6.07) is 18.7. The molecule has 0 saturated carbocycles. The number of nitrogens with zero attached hydrogens (tertiary/aromatic N) is 6. The Morgan fingerprint density at radius 1 is 1.00 bits per heavy atom. The van der Waals surface area contributed by atoms with Gasteiger partial charge in [-0.25, -0.2) is 4.68 Å². The summed E-state index contributed by atoms with van der Waals surface area (Å²) in [4.78, 5) is 1.46. The van der Waals surface area contributed by atoms with Crippen molar-refractivity contribution >= 4 is 11.8 Å². The Morgan fingerprint density at radius 2 is 1.77 bits per heavy atom. The van der Waals surface area contributed by atoms with Crippen molar-refractivity contribution in [2.45, 2.75) is 17.7 Å². The molecule has 0 atom stereocenters. The van der Waals surface area contributed by atoms with Crippen LogP contribution >= 0.6 is 11.8 Å². The SMILES string of the molecule is Cc1ccc(-n2ncc(-c3nnn(C)n3)c2SCc2ccccc2)cc1. The normalized spacial score (nSPS) is 11.0. The highest BCUT2D eigenvalue weighted by Crippen LogP contribution is 2.33. The maximum Gasteiger partial charge on any atom is 0.209 e. The molecule has 0 radical (unpaired) electrons. The fourth-order valence-corrected chi connectivity index (χ4v) is 3.69. The van der Waals surface area contributed by atoms with Crippen LogP contribution in [0.4, 0.5) is 0 Å². The molecule has 0 spiro atoms. The zero-order chi connectivity index (χ0) is 17.9. The Morgan fingerprint density at radius 3 is 2.46 bits per heavy atom. The van der Waals surface area contributed by atoms with E-state index < -0.39 is 0 Å². The number of rotatable bonds is 5. The van der Waals surface area contributed by atoms with Gasteiger partial charge >= 0.3 is 0 Å². The summed E-state index contributed by atoms with van der Waals surface area (Å²) in [5.74, 6) is 1.42. The first kappa shape index (κ1) is 16.5. The van der Waals surface area contributed by atoms with Crippen molar-refractivity contribution in [3.63, 3.8) is 0 Å². The van der Waals surface area contributed by atoms with Gasteiger partial charge in [-0.15, -0.1) is 22.0 Å². The van der Waals surface area contributed by atoms with E-state index in [1.54, 1.807) is 18.8 Å². The molecule has 130 valence electrons. The quantitative estimate of drug-likeness (QED) is 0.507. The Labute approximate surface area is 155 Å². The van der Waals surface area contributed by atoms with E-state index in [1.807, 2.05) is 16.9 Å². The van der Waals surface area contributed by atoms with Crippen molar-refractivity contribution in [1.82, 2.24) is 30.0 Å². The van der Waals surface area contributed by atoms with Crippen LogP contribution in [0.3, 0.4) is 0 Å². The zero-order valence-corrected chi connectivity index (χ0v) is 15.4. The van der Waals surface area contributed by atoms with Gasteiger partial charge in [0.25, 0.3) is 0 Å². The molecule has 0 bridgehead atoms. The van der Waals surface area contributed by atoms with E-state index in [0.717, 1.165) is 22.0 Å². The largest absolute Gasteiger partial charge is 0.226 e. The van der Waals surface area contributed by atoms with E-state index in [0.29, 0.717) is 5.82 Å². The zero-order valence-electron chi connectivity index (χ0n) is 14.6. The summed E-state index contributed by atoms with van der Waals surface area (Å²) in [5.41, 5.74) is 4.38. The molecule has 0 amide bonds. The summed E-state index contributed by atoms with van der Waals surface area (Å²) in [7, 11) is 1.76. The molecule has 2 heterocycles. The van der Waals surface area contributed by atoms with Crippen molar-refractivity contribution in [2.24, 2.45) is 7.05 Å². The Hall–Kier alpha value is -2.93. The minimum Gasteiger partial charge on any atom is -0.226 e. The van der Waals surface area contributed by atoms with Crippen LogP contribution in [0.25, 0.3) is 17.1 Å². The first-order valence-electron chi connectivity index (χ1n) is 8.27. The standard InChI is InChI=1S/C19H18N6S/c1-14-8-10-16(11-9-14)25-19(26-13-15-6-4-3-5-7-15)17(12-20-25)18-21-23-24(2)22-18/h3-12H,13H2,1-2H3. The number of tetrazole rings is 1. The molecule has 2 aromatic heterocycles. The molecule has 0 aliphatic carbocycles. The lowest BCUT2D eigenvalue weighted by Crippen LogP contribution is -1.99. The smallest absolute Gasteiger partial charge is 0.209 e. The van der Waals surface area contributed by atoms with Crippen LogP contribution in [0.2, 0.25) is 0 Å². The van der Waals surface area contributed by atoms with Gasteiger partial charge in [0, 0.05) is 5.75 Å². The monoisotopic (exact) mass is 362 g/mol. The lowest BCUT2D eigenvalue weighted by atomic mass is 10.2. The summed E-state index contributed by atoms with van der Waals surface area (Å²) < 4.78 is 1.94. The molecular formula is C19H18N6S. The van der Waals surface area contributed by atoms with Crippen molar-refractivity contribution in [1.29, 1.82) is 0 Å². The predicted octanol–water partition coefficient (Wildman–Crippen LogP) is 3.66. The van der Waals surface area contributed by atoms with Gasteiger partial charge in [-0.05, 0) is 29.8 Å². The molecule has 0 aliphatic heterocycles. The third-order valence-electron chi connectivity index (χ3n) is 3.97. The van der Waals surface area contributed by atoms with Gasteiger partial charge in [0.2, 0.25) is 5.82 Å². The summed E-state index contributed by atoms with van der Waals surface area (Å²) in [6.07, 6.45) is 1.81. The minimum absolute atomic E-state index is 0.585. The van der Waals surface area contributed by atoms with Crippen molar-refractivity contribution in [3.05, 3.63) is 71.9 Å². The van der Waals surface area contributed by atoms with Gasteiger partial charge in [-0.3, -0.25) is 0 Å². The predicted molar refractivity (Wildman–Crippen MR) is 102 cm³/mol. The second-order valence-electron chi connectivity index (χ2n) is 5.99. The van der Waals surface area contributed by atoms with Crippen molar-refractivity contribution in [3.8, 4) is 17.1 Å². The highest BCUT2D eigenvalue weighted by molar-refractivity contribution is 7.98. The minimum atomic E-state index is 0.585. The second-order valence-corrected chi connectivity index (χ2v) is 6.95. The summed E-state index contributed by atoms with van der Waals surface area (Å²) in [6.45, 7) is 2.08. The lowest BCUT2D eigenvalue weighted by Gasteiger charge is -2.09. The Balaban J connectivity index is 1.74. The van der Waals surface area contributed by atoms with Gasteiger partial charge in [0.1, 0.15) is 5.03 Å². The molecule has 0 fully saturated rings. The first-order chi connectivity index (χ1) is 12.7. The number of aromatic nitrogens is 6. The van der Waals surface area contributed by atoms with Gasteiger partial charge in [-0.2, -0.15) is 9.90 Å². The molecule has 4 aromatic rings. The molecule has 7 heteroatoms. The van der Waals surface area contributed by atoms with E-state index in [4.69, 9.17) is 0 Å². The van der Waals surface area contributed by atoms with Crippen LogP contribution < -0.4 is 0 Å². The molecular weight excluding hydrogens is 344 g/mol. The van der Waals surface area contributed by atoms with E-state index in [2.05, 4.69) is 76.0 Å². The van der Waals surface area contributed by atoms with E-state index in [-0.39, 0.29) is 0 Å². The molecule has 0 saturated heterocycles. The maximum absolute atomic E-state index is 4.59. The fraction of sp³-hybridized carbons (Fsp3) is 0.158. The van der Waals surface area contributed by atoms with Gasteiger partial charge < -0.3 is 0 Å². The van der Waals surface area contributed by atoms with Crippen molar-refractivity contribution in [2.75, 3.05) is 0 Å². The number of hydrogen-bond donors (Lipinski definition) is 0. The summed E-state index contributed by atoms with van der Waals surface area (Å²) >= 11 is 1.72. The fourth-order valence-electron chi connectivity index (χ4n) is 2.62. The average Bonchev–Trinajstić information content (AvgIpc) is 3.27. The first-order valence-corrected chi connectivity index (χ1v) is 9.25. The van der Waals surface area contributed by atoms with Crippen LogP contribution in [-0.2, 0) is 12.8 Å². The van der Waals surface area contributed by atoms with Crippen LogP contribution in [0.1, 0.15) is 11.1 Å². The third kappa shape index (κ3) is 3.39. The molecule has 4 rings (SSSR count). The van der Waals surface area contributed by atoms with Gasteiger partial charge in [0.05, 0.1) is 24.5 Å². The second kappa shape index (κ2) is 7.13. The highest BCUT2D eigenvalue weighted by Gasteiger charge is 2.18. The number of thioether (sulfide) groups is 1. The molecule has 0 aliphatic rings. The van der Waals surface area contributed by atoms with Crippen LogP contribution in [0.15, 0.2) is 65.8 Å². The molecule has 2 aromatic carbocycles. The van der Waals surface area contributed by atoms with E-state index in [9.17, 15) is 0 Å². The average molecular weight is 362 g/mol. The number of hydrogen-bond acceptors (Lipinski definition) is 5. The van der Waals surface area contributed by atoms with Gasteiger partial charge in [-0.1, -0.05) is 48.0 Å². The Bertz CT molecular complexity index is 1000. The lowest BCUT2D eigenvalue weighted by molar-refractivity contribution is 0.630. The summed E-state index contributed by atoms with van der Waals surface area (Å²) in [5, 5.41) is 18.1. The van der Waals surface area contributed by atoms with E-state index in [1.165, 1.54) is 15.9 Å². The molecule has 0 unspecified atom stereocenters.